The van der Waals surface area contributed by atoms with Crippen molar-refractivity contribution in [2.75, 3.05) is 18.6 Å². The van der Waals surface area contributed by atoms with E-state index in [4.69, 9.17) is 0 Å². The SMILES string of the molecule is CCC(NCC(C)CSC)c1cnn(C)c1. The fourth-order valence-corrected chi connectivity index (χ4v) is 2.49. The Labute approximate surface area is 103 Å². The summed E-state index contributed by atoms with van der Waals surface area (Å²) in [6, 6.07) is 0.443. The number of nitrogens with zero attached hydrogens (tertiary/aromatic N) is 2. The summed E-state index contributed by atoms with van der Waals surface area (Å²) in [5.74, 6) is 1.94. The Morgan fingerprint density at radius 3 is 2.81 bits per heavy atom. The van der Waals surface area contributed by atoms with E-state index in [0.717, 1.165) is 18.9 Å². The van der Waals surface area contributed by atoms with E-state index in [2.05, 4.69) is 36.7 Å². The second-order valence-electron chi connectivity index (χ2n) is 4.38. The molecule has 0 radical (unpaired) electrons. The lowest BCUT2D eigenvalue weighted by molar-refractivity contribution is 0.468. The third-order valence-corrected chi connectivity index (χ3v) is 3.60. The Morgan fingerprint density at radius 2 is 2.31 bits per heavy atom. The number of hydrogen-bond donors (Lipinski definition) is 1. The molecular formula is C12H23N3S. The van der Waals surface area contributed by atoms with E-state index in [1.807, 2.05) is 29.7 Å². The van der Waals surface area contributed by atoms with Crippen molar-refractivity contribution in [3.05, 3.63) is 18.0 Å². The van der Waals surface area contributed by atoms with Gasteiger partial charge in [-0.05, 0) is 30.9 Å². The summed E-state index contributed by atoms with van der Waals surface area (Å²) in [6.45, 7) is 5.58. The van der Waals surface area contributed by atoms with E-state index < -0.39 is 0 Å². The maximum Gasteiger partial charge on any atom is 0.0537 e. The fraction of sp³-hybridized carbons (Fsp3) is 0.750. The van der Waals surface area contributed by atoms with Crippen molar-refractivity contribution >= 4 is 11.8 Å². The molecule has 0 aliphatic rings. The van der Waals surface area contributed by atoms with E-state index in [-0.39, 0.29) is 0 Å². The molecule has 2 unspecified atom stereocenters. The van der Waals surface area contributed by atoms with E-state index in [1.54, 1.807) is 0 Å². The van der Waals surface area contributed by atoms with Gasteiger partial charge in [0.2, 0.25) is 0 Å². The zero-order valence-corrected chi connectivity index (χ0v) is 11.5. The molecule has 0 bridgehead atoms. The molecule has 0 amide bonds. The van der Waals surface area contributed by atoms with Crippen LogP contribution in [-0.2, 0) is 7.05 Å². The van der Waals surface area contributed by atoms with Crippen LogP contribution in [0.25, 0.3) is 0 Å². The zero-order valence-electron chi connectivity index (χ0n) is 10.7. The van der Waals surface area contributed by atoms with E-state index in [9.17, 15) is 0 Å². The summed E-state index contributed by atoms with van der Waals surface area (Å²) >= 11 is 1.91. The summed E-state index contributed by atoms with van der Waals surface area (Å²) < 4.78 is 1.87. The molecule has 0 aromatic carbocycles. The van der Waals surface area contributed by atoms with Crippen LogP contribution in [0.2, 0.25) is 0 Å². The van der Waals surface area contributed by atoms with Crippen LogP contribution in [-0.4, -0.2) is 28.3 Å². The number of thioether (sulfide) groups is 1. The van der Waals surface area contributed by atoms with Crippen LogP contribution in [0.3, 0.4) is 0 Å². The van der Waals surface area contributed by atoms with Crippen LogP contribution in [0, 0.1) is 5.92 Å². The molecule has 0 aliphatic carbocycles. The molecule has 3 nitrogen and oxygen atoms in total. The van der Waals surface area contributed by atoms with Crippen LogP contribution in [0.15, 0.2) is 12.4 Å². The second kappa shape index (κ2) is 6.97. The molecule has 2 atom stereocenters. The quantitative estimate of drug-likeness (QED) is 0.795. The molecular weight excluding hydrogens is 218 g/mol. The largest absolute Gasteiger partial charge is 0.310 e. The molecule has 0 spiro atoms. The predicted molar refractivity (Wildman–Crippen MR) is 71.8 cm³/mol. The summed E-state index contributed by atoms with van der Waals surface area (Å²) in [7, 11) is 1.96. The Morgan fingerprint density at radius 1 is 1.56 bits per heavy atom. The minimum atomic E-state index is 0.443. The Kier molecular flexibility index (Phi) is 5.91. The number of nitrogens with one attached hydrogen (secondary N) is 1. The third-order valence-electron chi connectivity index (χ3n) is 2.70. The molecule has 0 saturated carbocycles. The average molecular weight is 241 g/mol. The molecule has 1 aromatic heterocycles. The van der Waals surface area contributed by atoms with Crippen molar-refractivity contribution in [1.82, 2.24) is 15.1 Å². The van der Waals surface area contributed by atoms with Crippen LogP contribution in [0.1, 0.15) is 31.9 Å². The van der Waals surface area contributed by atoms with Gasteiger partial charge in [-0.25, -0.2) is 0 Å². The second-order valence-corrected chi connectivity index (χ2v) is 5.29. The maximum absolute atomic E-state index is 4.22. The van der Waals surface area contributed by atoms with Crippen LogP contribution >= 0.6 is 11.8 Å². The van der Waals surface area contributed by atoms with Crippen molar-refractivity contribution in [2.24, 2.45) is 13.0 Å². The van der Waals surface area contributed by atoms with Gasteiger partial charge in [0.1, 0.15) is 0 Å². The highest BCUT2D eigenvalue weighted by Crippen LogP contribution is 2.16. The normalized spacial score (nSPS) is 15.0. The van der Waals surface area contributed by atoms with E-state index in [1.165, 1.54) is 11.3 Å². The number of aromatic nitrogens is 2. The Bertz CT molecular complexity index is 298. The Balaban J connectivity index is 2.43. The maximum atomic E-state index is 4.22. The van der Waals surface area contributed by atoms with Crippen molar-refractivity contribution in [3.63, 3.8) is 0 Å². The van der Waals surface area contributed by atoms with Crippen LogP contribution in [0.4, 0.5) is 0 Å². The van der Waals surface area contributed by atoms with Gasteiger partial charge < -0.3 is 5.32 Å². The van der Waals surface area contributed by atoms with Crippen molar-refractivity contribution in [2.45, 2.75) is 26.3 Å². The first-order valence-corrected chi connectivity index (χ1v) is 7.27. The zero-order chi connectivity index (χ0) is 12.0. The first kappa shape index (κ1) is 13.6. The van der Waals surface area contributed by atoms with Gasteiger partial charge in [-0.15, -0.1) is 0 Å². The van der Waals surface area contributed by atoms with Gasteiger partial charge in [0.05, 0.1) is 6.20 Å². The van der Waals surface area contributed by atoms with Gasteiger partial charge in [0, 0.05) is 24.8 Å². The van der Waals surface area contributed by atoms with Crippen LogP contribution < -0.4 is 5.32 Å². The fourth-order valence-electron chi connectivity index (χ4n) is 1.80. The molecule has 0 saturated heterocycles. The Hall–Kier alpha value is -0.480. The molecule has 16 heavy (non-hydrogen) atoms. The van der Waals surface area contributed by atoms with Gasteiger partial charge in [-0.2, -0.15) is 16.9 Å². The highest BCUT2D eigenvalue weighted by Gasteiger charge is 2.11. The van der Waals surface area contributed by atoms with Gasteiger partial charge in [0.25, 0.3) is 0 Å². The number of aryl methyl sites for hydroxylation is 1. The third kappa shape index (κ3) is 4.18. The van der Waals surface area contributed by atoms with E-state index >= 15 is 0 Å². The van der Waals surface area contributed by atoms with Gasteiger partial charge in [0.15, 0.2) is 0 Å². The topological polar surface area (TPSA) is 29.9 Å². The number of rotatable bonds is 7. The average Bonchev–Trinajstić information content (AvgIpc) is 2.66. The molecule has 1 heterocycles. The standard InChI is InChI=1S/C12H23N3S/c1-5-12(11-7-14-15(3)8-11)13-6-10(2)9-16-4/h7-8,10,12-13H,5-6,9H2,1-4H3. The molecule has 4 heteroatoms. The summed E-state index contributed by atoms with van der Waals surface area (Å²) in [4.78, 5) is 0. The number of hydrogen-bond acceptors (Lipinski definition) is 3. The van der Waals surface area contributed by atoms with Crippen molar-refractivity contribution in [3.8, 4) is 0 Å². The van der Waals surface area contributed by atoms with Gasteiger partial charge in [-0.1, -0.05) is 13.8 Å². The summed E-state index contributed by atoms with van der Waals surface area (Å²) in [5, 5.41) is 7.84. The highest BCUT2D eigenvalue weighted by atomic mass is 32.2. The smallest absolute Gasteiger partial charge is 0.0537 e. The summed E-state index contributed by atoms with van der Waals surface area (Å²) in [5.41, 5.74) is 1.29. The molecule has 92 valence electrons. The van der Waals surface area contributed by atoms with Gasteiger partial charge in [-0.3, -0.25) is 4.68 Å². The lowest BCUT2D eigenvalue weighted by Gasteiger charge is -2.18. The predicted octanol–water partition coefficient (Wildman–Crippen LogP) is 2.46. The minimum absolute atomic E-state index is 0.443. The lowest BCUT2D eigenvalue weighted by Crippen LogP contribution is -2.26. The molecule has 1 aromatic rings. The molecule has 0 fully saturated rings. The molecule has 0 aliphatic heterocycles. The summed E-state index contributed by atoms with van der Waals surface area (Å²) in [6.07, 6.45) is 7.33. The van der Waals surface area contributed by atoms with E-state index in [0.29, 0.717) is 6.04 Å². The first-order chi connectivity index (χ1) is 7.67. The minimum Gasteiger partial charge on any atom is -0.310 e. The van der Waals surface area contributed by atoms with Crippen molar-refractivity contribution in [1.29, 1.82) is 0 Å². The highest BCUT2D eigenvalue weighted by molar-refractivity contribution is 7.98. The first-order valence-electron chi connectivity index (χ1n) is 5.88. The lowest BCUT2D eigenvalue weighted by atomic mass is 10.1. The van der Waals surface area contributed by atoms with Crippen molar-refractivity contribution < 1.29 is 0 Å². The molecule has 1 N–H and O–H groups in total. The van der Waals surface area contributed by atoms with Gasteiger partial charge >= 0.3 is 0 Å². The van der Waals surface area contributed by atoms with Crippen LogP contribution in [0.5, 0.6) is 0 Å². The monoisotopic (exact) mass is 241 g/mol. The molecule has 1 rings (SSSR count).